The van der Waals surface area contributed by atoms with E-state index in [9.17, 15) is 4.79 Å². The lowest BCUT2D eigenvalue weighted by Crippen LogP contribution is -2.21. The molecule has 18 heavy (non-hydrogen) atoms. The number of alkyl halides is 1. The van der Waals surface area contributed by atoms with Crippen molar-refractivity contribution in [3.63, 3.8) is 0 Å². The molecule has 0 saturated carbocycles. The number of carbonyl (C=O) groups excluding carboxylic acids is 1. The quantitative estimate of drug-likeness (QED) is 0.866. The summed E-state index contributed by atoms with van der Waals surface area (Å²) >= 11 is 4.92. The number of hydrogen-bond acceptors (Lipinski definition) is 3. The van der Waals surface area contributed by atoms with Crippen molar-refractivity contribution in [2.75, 3.05) is 5.32 Å². The first-order chi connectivity index (χ1) is 8.70. The lowest BCUT2D eigenvalue weighted by molar-refractivity contribution is -0.115. The number of nitrogens with zero attached hydrogens (tertiary/aromatic N) is 1. The molecule has 5 heteroatoms. The van der Waals surface area contributed by atoms with Crippen molar-refractivity contribution in [1.29, 1.82) is 0 Å². The average molecular weight is 325 g/mol. The molecule has 0 aliphatic heterocycles. The molecule has 1 N–H and O–H groups in total. The Kier molecular flexibility index (Phi) is 4.49. The van der Waals surface area contributed by atoms with E-state index in [0.717, 1.165) is 22.7 Å². The summed E-state index contributed by atoms with van der Waals surface area (Å²) in [7, 11) is 0. The molecule has 1 aromatic heterocycles. The van der Waals surface area contributed by atoms with Gasteiger partial charge in [-0.3, -0.25) is 4.79 Å². The topological polar surface area (TPSA) is 42.0 Å². The van der Waals surface area contributed by atoms with Crippen LogP contribution in [0.2, 0.25) is 0 Å². The highest BCUT2D eigenvalue weighted by atomic mass is 79.9. The maximum Gasteiger partial charge on any atom is 0.238 e. The summed E-state index contributed by atoms with van der Waals surface area (Å²) in [4.78, 5) is 15.8. The molecule has 0 spiro atoms. The van der Waals surface area contributed by atoms with E-state index in [2.05, 4.69) is 26.2 Å². The van der Waals surface area contributed by atoms with Gasteiger partial charge in [0.2, 0.25) is 5.91 Å². The molecule has 2 aromatic rings. The van der Waals surface area contributed by atoms with Crippen molar-refractivity contribution in [2.24, 2.45) is 0 Å². The summed E-state index contributed by atoms with van der Waals surface area (Å²) < 4.78 is 0. The first-order valence-corrected chi connectivity index (χ1v) is 7.45. The van der Waals surface area contributed by atoms with Crippen LogP contribution in [0.5, 0.6) is 0 Å². The molecule has 0 saturated heterocycles. The molecule has 94 valence electrons. The summed E-state index contributed by atoms with van der Waals surface area (Å²) in [5.74, 6) is -0.0144. The number of amides is 1. The van der Waals surface area contributed by atoms with E-state index >= 15 is 0 Å². The minimum absolute atomic E-state index is 0.0144. The van der Waals surface area contributed by atoms with Gasteiger partial charge in [-0.15, -0.1) is 11.3 Å². The maximum absolute atomic E-state index is 11.7. The standard InChI is InChI=1S/C13H13BrN2OS/c1-2-11(14)12(17)16-10-5-3-9(4-6-10)13-15-7-8-18-13/h3-8,11H,2H2,1H3,(H,16,17). The number of benzene rings is 1. The lowest BCUT2D eigenvalue weighted by atomic mass is 10.2. The van der Waals surface area contributed by atoms with Gasteiger partial charge in [-0.1, -0.05) is 22.9 Å². The van der Waals surface area contributed by atoms with Crippen LogP contribution in [-0.4, -0.2) is 15.7 Å². The van der Waals surface area contributed by atoms with E-state index in [1.165, 1.54) is 0 Å². The zero-order chi connectivity index (χ0) is 13.0. The Labute approximate surface area is 118 Å². The molecule has 0 fully saturated rings. The molecule has 1 heterocycles. The van der Waals surface area contributed by atoms with Crippen molar-refractivity contribution in [3.8, 4) is 10.6 Å². The second-order valence-electron chi connectivity index (χ2n) is 3.78. The molecule has 1 atom stereocenters. The highest BCUT2D eigenvalue weighted by Gasteiger charge is 2.12. The van der Waals surface area contributed by atoms with Gasteiger partial charge in [-0.25, -0.2) is 4.98 Å². The molecule has 3 nitrogen and oxygen atoms in total. The van der Waals surface area contributed by atoms with Crippen molar-refractivity contribution in [1.82, 2.24) is 4.98 Å². The fraction of sp³-hybridized carbons (Fsp3) is 0.231. The van der Waals surface area contributed by atoms with Crippen LogP contribution < -0.4 is 5.32 Å². The number of aromatic nitrogens is 1. The molecule has 0 radical (unpaired) electrons. The van der Waals surface area contributed by atoms with Crippen molar-refractivity contribution < 1.29 is 4.79 Å². The number of carbonyl (C=O) groups is 1. The third-order valence-corrected chi connectivity index (χ3v) is 4.36. The Morgan fingerprint density at radius 1 is 1.44 bits per heavy atom. The number of thiazole rings is 1. The molecule has 1 aromatic carbocycles. The van der Waals surface area contributed by atoms with E-state index in [1.807, 2.05) is 36.6 Å². The molecular weight excluding hydrogens is 312 g/mol. The summed E-state index contributed by atoms with van der Waals surface area (Å²) in [6.45, 7) is 1.96. The Morgan fingerprint density at radius 2 is 2.17 bits per heavy atom. The predicted octanol–water partition coefficient (Wildman–Crippen LogP) is 3.92. The predicted molar refractivity (Wildman–Crippen MR) is 79.2 cm³/mol. The SMILES string of the molecule is CCC(Br)C(=O)Nc1ccc(-c2nccs2)cc1. The van der Waals surface area contributed by atoms with Crippen LogP contribution in [-0.2, 0) is 4.79 Å². The van der Waals surface area contributed by atoms with E-state index < -0.39 is 0 Å². The Hall–Kier alpha value is -1.20. The van der Waals surface area contributed by atoms with Crippen molar-refractivity contribution >= 4 is 38.9 Å². The highest BCUT2D eigenvalue weighted by Crippen LogP contribution is 2.23. The third-order valence-electron chi connectivity index (χ3n) is 2.47. The number of halogens is 1. The molecular formula is C13H13BrN2OS. The largest absolute Gasteiger partial charge is 0.325 e. The molecule has 0 bridgehead atoms. The fourth-order valence-corrected chi connectivity index (χ4v) is 2.23. The zero-order valence-corrected chi connectivity index (χ0v) is 12.3. The first-order valence-electron chi connectivity index (χ1n) is 5.65. The molecule has 1 unspecified atom stereocenters. The lowest BCUT2D eigenvalue weighted by Gasteiger charge is -2.08. The third kappa shape index (κ3) is 3.17. The molecule has 2 rings (SSSR count). The van der Waals surface area contributed by atoms with Gasteiger partial charge in [-0.2, -0.15) is 0 Å². The monoisotopic (exact) mass is 324 g/mol. The number of nitrogens with one attached hydrogen (secondary N) is 1. The summed E-state index contributed by atoms with van der Waals surface area (Å²) in [6, 6.07) is 7.71. The molecule has 1 amide bonds. The van der Waals surface area contributed by atoms with Gasteiger partial charge >= 0.3 is 0 Å². The molecule has 0 aliphatic rings. The Bertz CT molecular complexity index is 510. The van der Waals surface area contributed by atoms with E-state index in [4.69, 9.17) is 0 Å². The van der Waals surface area contributed by atoms with Gasteiger partial charge in [0, 0.05) is 22.8 Å². The van der Waals surface area contributed by atoms with E-state index in [0.29, 0.717) is 0 Å². The number of rotatable bonds is 4. The van der Waals surface area contributed by atoms with Crippen molar-refractivity contribution in [3.05, 3.63) is 35.8 Å². The maximum atomic E-state index is 11.7. The number of anilines is 1. The van der Waals surface area contributed by atoms with Crippen LogP contribution in [0.25, 0.3) is 10.6 Å². The Morgan fingerprint density at radius 3 is 2.72 bits per heavy atom. The van der Waals surface area contributed by atoms with Crippen LogP contribution in [0.1, 0.15) is 13.3 Å². The minimum Gasteiger partial charge on any atom is -0.325 e. The van der Waals surface area contributed by atoms with Gasteiger partial charge in [0.1, 0.15) is 5.01 Å². The smallest absolute Gasteiger partial charge is 0.238 e. The zero-order valence-electron chi connectivity index (χ0n) is 9.89. The van der Waals surface area contributed by atoms with Crippen LogP contribution in [0, 0.1) is 0 Å². The summed E-state index contributed by atoms with van der Waals surface area (Å²) in [6.07, 6.45) is 2.55. The van der Waals surface area contributed by atoms with Crippen LogP contribution in [0.3, 0.4) is 0 Å². The first kappa shape index (κ1) is 13.2. The summed E-state index contributed by atoms with van der Waals surface area (Å²) in [5, 5.41) is 5.79. The van der Waals surface area contributed by atoms with Gasteiger partial charge < -0.3 is 5.32 Å². The van der Waals surface area contributed by atoms with Gasteiger partial charge in [0.25, 0.3) is 0 Å². The second-order valence-corrected chi connectivity index (χ2v) is 5.78. The molecule has 0 aliphatic carbocycles. The highest BCUT2D eigenvalue weighted by molar-refractivity contribution is 9.10. The fourth-order valence-electron chi connectivity index (χ4n) is 1.47. The average Bonchev–Trinajstić information content (AvgIpc) is 2.92. The van der Waals surface area contributed by atoms with E-state index in [1.54, 1.807) is 17.5 Å². The van der Waals surface area contributed by atoms with E-state index in [-0.39, 0.29) is 10.7 Å². The minimum atomic E-state index is -0.142. The number of hydrogen-bond donors (Lipinski definition) is 1. The van der Waals surface area contributed by atoms with Crippen molar-refractivity contribution in [2.45, 2.75) is 18.2 Å². The van der Waals surface area contributed by atoms with Crippen LogP contribution >= 0.6 is 27.3 Å². The van der Waals surface area contributed by atoms with Gasteiger partial charge in [-0.05, 0) is 30.7 Å². The normalized spacial score (nSPS) is 12.1. The van der Waals surface area contributed by atoms with Crippen LogP contribution in [0.4, 0.5) is 5.69 Å². The van der Waals surface area contributed by atoms with Gasteiger partial charge in [0.15, 0.2) is 0 Å². The Balaban J connectivity index is 2.06. The van der Waals surface area contributed by atoms with Crippen LogP contribution in [0.15, 0.2) is 35.8 Å². The second kappa shape index (κ2) is 6.11. The van der Waals surface area contributed by atoms with Gasteiger partial charge in [0.05, 0.1) is 4.83 Å². The summed E-state index contributed by atoms with van der Waals surface area (Å²) in [5.41, 5.74) is 1.87.